The van der Waals surface area contributed by atoms with E-state index in [0.29, 0.717) is 5.95 Å². The summed E-state index contributed by atoms with van der Waals surface area (Å²) in [6.45, 7) is 2.17. The van der Waals surface area contributed by atoms with Gasteiger partial charge in [0.1, 0.15) is 5.82 Å². The summed E-state index contributed by atoms with van der Waals surface area (Å²) < 4.78 is 0. The summed E-state index contributed by atoms with van der Waals surface area (Å²) in [4.78, 5) is 10.5. The number of anilines is 2. The zero-order valence-corrected chi connectivity index (χ0v) is 8.11. The van der Waals surface area contributed by atoms with Crippen LogP contribution in [-0.4, -0.2) is 23.1 Å². The van der Waals surface area contributed by atoms with Gasteiger partial charge in [-0.15, -0.1) is 0 Å². The Balaban J connectivity index is 2.13. The van der Waals surface area contributed by atoms with E-state index < -0.39 is 0 Å². The van der Waals surface area contributed by atoms with Crippen LogP contribution in [0.25, 0.3) is 0 Å². The van der Waals surface area contributed by atoms with Crippen molar-refractivity contribution in [1.82, 2.24) is 9.97 Å². The van der Waals surface area contributed by atoms with E-state index in [0.717, 1.165) is 18.9 Å². The highest BCUT2D eigenvalue weighted by Crippen LogP contribution is 2.17. The van der Waals surface area contributed by atoms with Gasteiger partial charge in [-0.1, -0.05) is 0 Å². The van der Waals surface area contributed by atoms with Crippen LogP contribution in [0.3, 0.4) is 0 Å². The fourth-order valence-electron chi connectivity index (χ4n) is 1.72. The first kappa shape index (κ1) is 9.21. The van der Waals surface area contributed by atoms with Gasteiger partial charge >= 0.3 is 0 Å². The molecule has 1 aromatic heterocycles. The van der Waals surface area contributed by atoms with Crippen molar-refractivity contribution in [2.45, 2.75) is 19.3 Å². The first-order valence-electron chi connectivity index (χ1n) is 4.95. The minimum absolute atomic E-state index is 0.480. The molecule has 0 unspecified atom stereocenters. The molecule has 5 nitrogen and oxygen atoms in total. The minimum Gasteiger partial charge on any atom is -0.356 e. The lowest BCUT2D eigenvalue weighted by Gasteiger charge is -2.27. The highest BCUT2D eigenvalue weighted by molar-refractivity contribution is 5.42. The Morgan fingerprint density at radius 2 is 2.07 bits per heavy atom. The molecule has 0 spiro atoms. The van der Waals surface area contributed by atoms with Crippen molar-refractivity contribution < 1.29 is 0 Å². The highest BCUT2D eigenvalue weighted by atomic mass is 15.3. The van der Waals surface area contributed by atoms with Gasteiger partial charge in [0.05, 0.1) is 0 Å². The van der Waals surface area contributed by atoms with Crippen molar-refractivity contribution in [2.24, 2.45) is 5.84 Å². The van der Waals surface area contributed by atoms with Crippen LogP contribution in [-0.2, 0) is 0 Å². The number of nitrogen functional groups attached to an aromatic ring is 1. The van der Waals surface area contributed by atoms with Crippen molar-refractivity contribution in [2.75, 3.05) is 23.4 Å². The summed E-state index contributed by atoms with van der Waals surface area (Å²) in [6, 6.07) is 1.92. The standard InChI is InChI=1S/C9H15N5/c10-13-9-11-5-4-8(12-9)14-6-2-1-3-7-14/h4-5H,1-3,6-7,10H2,(H,11,12,13). The number of nitrogens with one attached hydrogen (secondary N) is 1. The molecule has 1 aliphatic rings. The number of hydrogen-bond acceptors (Lipinski definition) is 5. The molecule has 0 bridgehead atoms. The second-order valence-electron chi connectivity index (χ2n) is 3.43. The fraction of sp³-hybridized carbons (Fsp3) is 0.556. The van der Waals surface area contributed by atoms with Gasteiger partial charge in [0.2, 0.25) is 5.95 Å². The molecular formula is C9H15N5. The van der Waals surface area contributed by atoms with Gasteiger partial charge in [0.25, 0.3) is 0 Å². The smallest absolute Gasteiger partial charge is 0.239 e. The largest absolute Gasteiger partial charge is 0.356 e. The molecular weight excluding hydrogens is 178 g/mol. The number of rotatable bonds is 2. The molecule has 5 heteroatoms. The molecule has 2 heterocycles. The first-order valence-corrected chi connectivity index (χ1v) is 4.95. The van der Waals surface area contributed by atoms with E-state index in [4.69, 9.17) is 5.84 Å². The first-order chi connectivity index (χ1) is 6.90. The SMILES string of the molecule is NNc1nccc(N2CCCCC2)n1. The van der Waals surface area contributed by atoms with Crippen LogP contribution in [0.1, 0.15) is 19.3 Å². The molecule has 0 aromatic carbocycles. The van der Waals surface area contributed by atoms with Gasteiger partial charge in [-0.25, -0.2) is 10.8 Å². The second kappa shape index (κ2) is 4.23. The van der Waals surface area contributed by atoms with Gasteiger partial charge in [0, 0.05) is 19.3 Å². The van der Waals surface area contributed by atoms with E-state index in [1.807, 2.05) is 6.07 Å². The Hall–Kier alpha value is -1.36. The van der Waals surface area contributed by atoms with E-state index in [-0.39, 0.29) is 0 Å². The number of hydrazine groups is 1. The van der Waals surface area contributed by atoms with Crippen LogP contribution in [0.4, 0.5) is 11.8 Å². The summed E-state index contributed by atoms with van der Waals surface area (Å²) >= 11 is 0. The Bertz CT molecular complexity index is 295. The second-order valence-corrected chi connectivity index (χ2v) is 3.43. The Labute approximate surface area is 83.3 Å². The van der Waals surface area contributed by atoms with Gasteiger partial charge in [-0.05, 0) is 25.3 Å². The maximum absolute atomic E-state index is 5.25. The third kappa shape index (κ3) is 1.93. The molecule has 14 heavy (non-hydrogen) atoms. The number of aromatic nitrogens is 2. The number of nitrogens with zero attached hydrogens (tertiary/aromatic N) is 3. The van der Waals surface area contributed by atoms with Gasteiger partial charge in [-0.3, -0.25) is 5.43 Å². The van der Waals surface area contributed by atoms with Gasteiger partial charge in [-0.2, -0.15) is 4.98 Å². The Morgan fingerprint density at radius 1 is 1.29 bits per heavy atom. The van der Waals surface area contributed by atoms with Crippen LogP contribution in [0.15, 0.2) is 12.3 Å². The minimum atomic E-state index is 0.480. The summed E-state index contributed by atoms with van der Waals surface area (Å²) in [5.41, 5.74) is 2.46. The third-order valence-corrected chi connectivity index (χ3v) is 2.45. The lowest BCUT2D eigenvalue weighted by atomic mass is 10.1. The zero-order valence-electron chi connectivity index (χ0n) is 8.11. The molecule has 0 saturated carbocycles. The lowest BCUT2D eigenvalue weighted by Crippen LogP contribution is -2.30. The average Bonchev–Trinajstić information content (AvgIpc) is 2.30. The molecule has 0 radical (unpaired) electrons. The number of nitrogens with two attached hydrogens (primary N) is 1. The van der Waals surface area contributed by atoms with Crippen LogP contribution in [0.2, 0.25) is 0 Å². The molecule has 1 fully saturated rings. The van der Waals surface area contributed by atoms with E-state index in [9.17, 15) is 0 Å². The van der Waals surface area contributed by atoms with E-state index in [1.165, 1.54) is 19.3 Å². The monoisotopic (exact) mass is 193 g/mol. The van der Waals surface area contributed by atoms with E-state index in [1.54, 1.807) is 6.20 Å². The topological polar surface area (TPSA) is 67.1 Å². The highest BCUT2D eigenvalue weighted by Gasteiger charge is 2.12. The Morgan fingerprint density at radius 3 is 2.79 bits per heavy atom. The van der Waals surface area contributed by atoms with E-state index in [2.05, 4.69) is 20.3 Å². The molecule has 1 aromatic rings. The lowest BCUT2D eigenvalue weighted by molar-refractivity contribution is 0.573. The summed E-state index contributed by atoms with van der Waals surface area (Å²) in [6.07, 6.45) is 5.54. The molecule has 2 rings (SSSR count). The summed E-state index contributed by atoms with van der Waals surface area (Å²) in [7, 11) is 0. The van der Waals surface area contributed by atoms with Crippen molar-refractivity contribution in [1.29, 1.82) is 0 Å². The summed E-state index contributed by atoms with van der Waals surface area (Å²) in [5, 5.41) is 0. The molecule has 76 valence electrons. The van der Waals surface area contributed by atoms with E-state index >= 15 is 0 Å². The normalized spacial score (nSPS) is 16.8. The van der Waals surface area contributed by atoms with Crippen molar-refractivity contribution >= 4 is 11.8 Å². The van der Waals surface area contributed by atoms with Crippen LogP contribution < -0.4 is 16.2 Å². The predicted molar refractivity (Wildman–Crippen MR) is 55.9 cm³/mol. The maximum Gasteiger partial charge on any atom is 0.239 e. The van der Waals surface area contributed by atoms with Gasteiger partial charge in [0.15, 0.2) is 0 Å². The van der Waals surface area contributed by atoms with Crippen LogP contribution in [0, 0.1) is 0 Å². The average molecular weight is 193 g/mol. The Kier molecular flexibility index (Phi) is 2.78. The third-order valence-electron chi connectivity index (χ3n) is 2.45. The van der Waals surface area contributed by atoms with Gasteiger partial charge < -0.3 is 4.90 Å². The molecule has 3 N–H and O–H groups in total. The molecule has 0 aliphatic carbocycles. The summed E-state index contributed by atoms with van der Waals surface area (Å²) in [5.74, 6) is 6.70. The van der Waals surface area contributed by atoms with Crippen molar-refractivity contribution in [3.8, 4) is 0 Å². The molecule has 0 amide bonds. The predicted octanol–water partition coefficient (Wildman–Crippen LogP) is 0.752. The molecule has 1 saturated heterocycles. The maximum atomic E-state index is 5.25. The van der Waals surface area contributed by atoms with Crippen LogP contribution >= 0.6 is 0 Å². The van der Waals surface area contributed by atoms with Crippen molar-refractivity contribution in [3.63, 3.8) is 0 Å². The number of piperidine rings is 1. The number of hydrogen-bond donors (Lipinski definition) is 2. The molecule has 1 aliphatic heterocycles. The van der Waals surface area contributed by atoms with Crippen LogP contribution in [0.5, 0.6) is 0 Å². The molecule has 0 atom stereocenters. The fourth-order valence-corrected chi connectivity index (χ4v) is 1.72. The van der Waals surface area contributed by atoms with Crippen molar-refractivity contribution in [3.05, 3.63) is 12.3 Å². The zero-order chi connectivity index (χ0) is 9.80. The quantitative estimate of drug-likeness (QED) is 0.536.